The van der Waals surface area contributed by atoms with Crippen LogP contribution < -0.4 is 5.32 Å². The van der Waals surface area contributed by atoms with E-state index in [1.165, 1.54) is 5.56 Å². The Labute approximate surface area is 164 Å². The first-order chi connectivity index (χ1) is 13.8. The maximum Gasteiger partial charge on any atom is 0.228 e. The summed E-state index contributed by atoms with van der Waals surface area (Å²) in [6.07, 6.45) is 5.74. The Morgan fingerprint density at radius 2 is 1.89 bits per heavy atom. The highest BCUT2D eigenvalue weighted by molar-refractivity contribution is 5.76. The van der Waals surface area contributed by atoms with Gasteiger partial charge >= 0.3 is 0 Å². The van der Waals surface area contributed by atoms with E-state index >= 15 is 0 Å². The Kier molecular flexibility index (Phi) is 5.56. The van der Waals surface area contributed by atoms with Crippen LogP contribution in [0, 0.1) is 0 Å². The largest absolute Gasteiger partial charge is 0.342 e. The summed E-state index contributed by atoms with van der Waals surface area (Å²) in [7, 11) is 0. The number of nitrogens with one attached hydrogen (secondary N) is 1. The highest BCUT2D eigenvalue weighted by Gasteiger charge is 2.28. The van der Waals surface area contributed by atoms with Crippen LogP contribution in [0.1, 0.15) is 30.0 Å². The molecule has 3 aromatic rings. The van der Waals surface area contributed by atoms with Gasteiger partial charge in [0.1, 0.15) is 5.82 Å². The number of carbonyl (C=O) groups excluding carboxylic acids is 1. The number of aryl methyl sites for hydroxylation is 1. The molecule has 28 heavy (non-hydrogen) atoms. The van der Waals surface area contributed by atoms with Crippen LogP contribution in [-0.4, -0.2) is 38.8 Å². The Morgan fingerprint density at radius 1 is 1.04 bits per heavy atom. The number of hydrogen-bond donors (Lipinski definition) is 1. The number of anilines is 2. The predicted octanol–water partition coefficient (Wildman–Crippen LogP) is 3.56. The second kappa shape index (κ2) is 8.61. The fraction of sp³-hybridized carbons (Fsp3) is 0.273. The van der Waals surface area contributed by atoms with E-state index in [2.05, 4.69) is 32.4 Å². The molecule has 1 unspecified atom stereocenters. The van der Waals surface area contributed by atoms with Crippen LogP contribution in [0.3, 0.4) is 0 Å². The van der Waals surface area contributed by atoms with Gasteiger partial charge in [-0.05, 0) is 36.6 Å². The van der Waals surface area contributed by atoms with Crippen molar-refractivity contribution in [3.05, 3.63) is 78.2 Å². The fourth-order valence-electron chi connectivity index (χ4n) is 3.49. The fourth-order valence-corrected chi connectivity index (χ4v) is 3.49. The van der Waals surface area contributed by atoms with Crippen LogP contribution in [0.5, 0.6) is 0 Å². The van der Waals surface area contributed by atoms with E-state index in [9.17, 15) is 4.79 Å². The van der Waals surface area contributed by atoms with E-state index in [-0.39, 0.29) is 11.8 Å². The topological polar surface area (TPSA) is 71.0 Å². The summed E-state index contributed by atoms with van der Waals surface area (Å²) in [4.78, 5) is 27.7. The summed E-state index contributed by atoms with van der Waals surface area (Å²) < 4.78 is 0. The number of hydrogen-bond acceptors (Lipinski definition) is 5. The molecule has 6 nitrogen and oxygen atoms in total. The molecule has 3 heterocycles. The molecular formula is C22H23N5O. The van der Waals surface area contributed by atoms with Crippen LogP contribution in [-0.2, 0) is 11.2 Å². The van der Waals surface area contributed by atoms with Crippen molar-refractivity contribution in [1.82, 2.24) is 19.9 Å². The average Bonchev–Trinajstić information content (AvgIpc) is 3.24. The summed E-state index contributed by atoms with van der Waals surface area (Å²) in [6.45, 7) is 1.50. The first-order valence-electron chi connectivity index (χ1n) is 9.60. The van der Waals surface area contributed by atoms with Crippen molar-refractivity contribution in [2.24, 2.45) is 0 Å². The number of nitrogens with zero attached hydrogens (tertiary/aromatic N) is 4. The predicted molar refractivity (Wildman–Crippen MR) is 108 cm³/mol. The van der Waals surface area contributed by atoms with Crippen molar-refractivity contribution in [2.75, 3.05) is 18.4 Å². The minimum absolute atomic E-state index is 0.215. The smallest absolute Gasteiger partial charge is 0.228 e. The van der Waals surface area contributed by atoms with Crippen LogP contribution in [0.15, 0.2) is 67.0 Å². The number of pyridine rings is 1. The van der Waals surface area contributed by atoms with Crippen LogP contribution in [0.4, 0.5) is 11.8 Å². The zero-order valence-electron chi connectivity index (χ0n) is 15.7. The molecule has 142 valence electrons. The van der Waals surface area contributed by atoms with Gasteiger partial charge in [0.25, 0.3) is 0 Å². The number of rotatable bonds is 6. The highest BCUT2D eigenvalue weighted by atomic mass is 16.2. The van der Waals surface area contributed by atoms with Crippen molar-refractivity contribution in [3.63, 3.8) is 0 Å². The van der Waals surface area contributed by atoms with Crippen molar-refractivity contribution >= 4 is 17.7 Å². The zero-order chi connectivity index (χ0) is 19.2. The van der Waals surface area contributed by atoms with Crippen LogP contribution in [0.25, 0.3) is 0 Å². The first-order valence-corrected chi connectivity index (χ1v) is 9.60. The van der Waals surface area contributed by atoms with Gasteiger partial charge in [0, 0.05) is 37.8 Å². The molecule has 2 aromatic heterocycles. The monoisotopic (exact) mass is 373 g/mol. The van der Waals surface area contributed by atoms with Gasteiger partial charge in [0.05, 0.1) is 5.69 Å². The van der Waals surface area contributed by atoms with Gasteiger partial charge in [-0.3, -0.25) is 4.79 Å². The van der Waals surface area contributed by atoms with E-state index in [1.807, 2.05) is 47.4 Å². The Balaban J connectivity index is 1.34. The van der Waals surface area contributed by atoms with E-state index in [4.69, 9.17) is 0 Å². The lowest BCUT2D eigenvalue weighted by atomic mass is 10.1. The lowest BCUT2D eigenvalue weighted by Crippen LogP contribution is -2.28. The Bertz CT molecular complexity index is 916. The number of amides is 1. The standard InChI is InChI=1S/C22H23N5O/c28-21(10-9-17-6-2-1-3-7-17)27-15-12-18(16-27)19-11-14-24-22(25-19)26-20-8-4-5-13-23-20/h1-8,11,13-14,18H,9-10,12,15-16H2,(H,23,24,25,26). The maximum absolute atomic E-state index is 12.6. The van der Waals surface area contributed by atoms with Crippen molar-refractivity contribution < 1.29 is 4.79 Å². The molecular weight excluding hydrogens is 350 g/mol. The summed E-state index contributed by atoms with van der Waals surface area (Å²) in [6, 6.07) is 17.7. The average molecular weight is 373 g/mol. The van der Waals surface area contributed by atoms with Gasteiger partial charge in [-0.25, -0.2) is 15.0 Å². The third-order valence-electron chi connectivity index (χ3n) is 5.01. The van der Waals surface area contributed by atoms with Crippen molar-refractivity contribution in [3.8, 4) is 0 Å². The quantitative estimate of drug-likeness (QED) is 0.715. The molecule has 0 radical (unpaired) electrons. The van der Waals surface area contributed by atoms with E-state index in [0.717, 1.165) is 25.1 Å². The third-order valence-corrected chi connectivity index (χ3v) is 5.01. The molecule has 0 spiro atoms. The second-order valence-electron chi connectivity index (χ2n) is 6.96. The summed E-state index contributed by atoms with van der Waals surface area (Å²) in [5, 5.41) is 3.13. The molecule has 1 aromatic carbocycles. The highest BCUT2D eigenvalue weighted by Crippen LogP contribution is 2.27. The van der Waals surface area contributed by atoms with Gasteiger partial charge in [-0.15, -0.1) is 0 Å². The summed E-state index contributed by atoms with van der Waals surface area (Å²) in [5.74, 6) is 1.70. The van der Waals surface area contributed by atoms with Gasteiger partial charge in [0.2, 0.25) is 11.9 Å². The molecule has 1 fully saturated rings. The minimum Gasteiger partial charge on any atom is -0.342 e. The van der Waals surface area contributed by atoms with Gasteiger partial charge in [0.15, 0.2) is 0 Å². The molecule has 6 heteroatoms. The van der Waals surface area contributed by atoms with Crippen LogP contribution in [0.2, 0.25) is 0 Å². The molecule has 0 bridgehead atoms. The normalized spacial score (nSPS) is 16.1. The molecule has 1 N–H and O–H groups in total. The van der Waals surface area contributed by atoms with Gasteiger partial charge in [-0.1, -0.05) is 36.4 Å². The second-order valence-corrected chi connectivity index (χ2v) is 6.96. The molecule has 4 rings (SSSR count). The molecule has 1 aliphatic heterocycles. The molecule has 1 atom stereocenters. The third kappa shape index (κ3) is 4.52. The van der Waals surface area contributed by atoms with Gasteiger partial charge in [-0.2, -0.15) is 0 Å². The van der Waals surface area contributed by atoms with E-state index < -0.39 is 0 Å². The maximum atomic E-state index is 12.6. The number of aromatic nitrogens is 3. The molecule has 1 amide bonds. The van der Waals surface area contributed by atoms with Crippen LogP contribution >= 0.6 is 0 Å². The van der Waals surface area contributed by atoms with Crippen molar-refractivity contribution in [1.29, 1.82) is 0 Å². The number of carbonyl (C=O) groups is 1. The number of benzene rings is 1. The number of likely N-dealkylation sites (tertiary alicyclic amines) is 1. The van der Waals surface area contributed by atoms with E-state index in [1.54, 1.807) is 12.4 Å². The zero-order valence-corrected chi connectivity index (χ0v) is 15.7. The van der Waals surface area contributed by atoms with Crippen molar-refractivity contribution in [2.45, 2.75) is 25.2 Å². The van der Waals surface area contributed by atoms with E-state index in [0.29, 0.717) is 24.7 Å². The molecule has 0 aliphatic carbocycles. The Hall–Kier alpha value is -3.28. The summed E-state index contributed by atoms with van der Waals surface area (Å²) >= 11 is 0. The minimum atomic E-state index is 0.215. The first kappa shape index (κ1) is 18.1. The van der Waals surface area contributed by atoms with Gasteiger partial charge < -0.3 is 10.2 Å². The molecule has 1 saturated heterocycles. The molecule has 0 saturated carbocycles. The lowest BCUT2D eigenvalue weighted by molar-refractivity contribution is -0.130. The summed E-state index contributed by atoms with van der Waals surface area (Å²) in [5.41, 5.74) is 2.17. The molecule has 1 aliphatic rings. The lowest BCUT2D eigenvalue weighted by Gasteiger charge is -2.16. The Morgan fingerprint density at radius 3 is 2.71 bits per heavy atom. The SMILES string of the molecule is O=C(CCc1ccccc1)N1CCC(c2ccnc(Nc3ccccn3)n2)C1.